The minimum absolute atomic E-state index is 0.00533. The molecule has 1 aromatic rings. The van der Waals surface area contributed by atoms with Crippen molar-refractivity contribution in [1.82, 2.24) is 9.21 Å². The number of halogens is 1. The lowest BCUT2D eigenvalue weighted by atomic mass is 9.92. The zero-order valence-corrected chi connectivity index (χ0v) is 19.0. The van der Waals surface area contributed by atoms with Crippen molar-refractivity contribution in [3.63, 3.8) is 0 Å². The number of carbonyl (C=O) groups is 2. The smallest absolute Gasteiger partial charge is 0.340 e. The molecule has 2 aliphatic heterocycles. The Balaban J connectivity index is 1.68. The Morgan fingerprint density at radius 2 is 1.73 bits per heavy atom. The second-order valence-electron chi connectivity index (χ2n) is 8.43. The summed E-state index contributed by atoms with van der Waals surface area (Å²) in [4.78, 5) is 26.7. The summed E-state index contributed by atoms with van der Waals surface area (Å²) >= 11 is 6.12. The first kappa shape index (κ1) is 23.0. The maximum Gasteiger partial charge on any atom is 0.340 e. The summed E-state index contributed by atoms with van der Waals surface area (Å²) in [7, 11) is -3.70. The van der Waals surface area contributed by atoms with E-state index >= 15 is 0 Å². The molecule has 1 amide bonds. The topological polar surface area (TPSA) is 84.0 Å². The number of likely N-dealkylation sites (tertiary alicyclic amines) is 1. The lowest BCUT2D eigenvalue weighted by molar-refractivity contribution is -0.137. The fraction of sp³-hybridized carbons (Fsp3) is 0.619. The number of piperidine rings is 2. The molecule has 0 saturated carbocycles. The molecule has 7 nitrogen and oxygen atoms in total. The number of rotatable bonds is 5. The number of hydrogen-bond donors (Lipinski definition) is 0. The van der Waals surface area contributed by atoms with Gasteiger partial charge in [-0.1, -0.05) is 31.9 Å². The molecule has 9 heteroatoms. The van der Waals surface area contributed by atoms with Gasteiger partial charge in [-0.25, -0.2) is 13.2 Å². The number of benzene rings is 1. The molecule has 1 aromatic carbocycles. The minimum Gasteiger partial charge on any atom is -0.452 e. The summed E-state index contributed by atoms with van der Waals surface area (Å²) in [6.07, 6.45) is 3.71. The van der Waals surface area contributed by atoms with Gasteiger partial charge in [0, 0.05) is 26.2 Å². The molecule has 166 valence electrons. The van der Waals surface area contributed by atoms with Gasteiger partial charge in [-0.05, 0) is 49.3 Å². The van der Waals surface area contributed by atoms with Crippen LogP contribution >= 0.6 is 11.6 Å². The highest BCUT2D eigenvalue weighted by Gasteiger charge is 2.29. The number of nitrogens with zero attached hydrogens (tertiary/aromatic N) is 2. The van der Waals surface area contributed by atoms with Crippen LogP contribution in [0.4, 0.5) is 0 Å². The summed E-state index contributed by atoms with van der Waals surface area (Å²) in [6.45, 7) is 6.01. The maximum absolute atomic E-state index is 12.9. The summed E-state index contributed by atoms with van der Waals surface area (Å²) in [5.41, 5.74) is -0.0528. The van der Waals surface area contributed by atoms with E-state index in [1.54, 1.807) is 4.90 Å². The molecule has 0 aromatic heterocycles. The van der Waals surface area contributed by atoms with Crippen LogP contribution in [-0.4, -0.2) is 62.3 Å². The quantitative estimate of drug-likeness (QED) is 0.635. The first-order chi connectivity index (χ1) is 14.2. The number of amides is 1. The zero-order chi connectivity index (χ0) is 21.9. The Morgan fingerprint density at radius 3 is 2.37 bits per heavy atom. The molecule has 2 saturated heterocycles. The Kier molecular flexibility index (Phi) is 7.42. The molecule has 0 N–H and O–H groups in total. The van der Waals surface area contributed by atoms with Crippen LogP contribution in [0.25, 0.3) is 0 Å². The molecule has 0 aliphatic carbocycles. The molecule has 2 unspecified atom stereocenters. The van der Waals surface area contributed by atoms with Gasteiger partial charge in [0.05, 0.1) is 15.5 Å². The number of ether oxygens (including phenoxy) is 1. The van der Waals surface area contributed by atoms with Crippen molar-refractivity contribution in [2.45, 2.75) is 44.4 Å². The van der Waals surface area contributed by atoms with Crippen LogP contribution in [0, 0.1) is 11.8 Å². The van der Waals surface area contributed by atoms with E-state index < -0.39 is 22.6 Å². The minimum atomic E-state index is -3.70. The second-order valence-corrected chi connectivity index (χ2v) is 10.8. The highest BCUT2D eigenvalue weighted by molar-refractivity contribution is 7.89. The first-order valence-corrected chi connectivity index (χ1v) is 12.2. The Labute approximate surface area is 183 Å². The van der Waals surface area contributed by atoms with Crippen molar-refractivity contribution < 1.29 is 22.7 Å². The number of carbonyl (C=O) groups excluding carboxylic acids is 2. The van der Waals surface area contributed by atoms with Crippen molar-refractivity contribution in [3.05, 3.63) is 28.8 Å². The molecule has 0 spiro atoms. The van der Waals surface area contributed by atoms with Gasteiger partial charge < -0.3 is 9.64 Å². The third-order valence-electron chi connectivity index (χ3n) is 5.66. The van der Waals surface area contributed by atoms with Crippen LogP contribution in [0.2, 0.25) is 5.02 Å². The third-order valence-corrected chi connectivity index (χ3v) is 7.88. The predicted molar refractivity (Wildman–Crippen MR) is 114 cm³/mol. The standard InChI is InChI=1S/C21H29ClN2O5S/c1-15-10-16(2)13-23(12-15)20(25)14-29-21(26)18-11-17(6-7-19(18)22)30(27,28)24-8-4-3-5-9-24/h6-7,11,15-16H,3-5,8-10,12-14H2,1-2H3. The zero-order valence-electron chi connectivity index (χ0n) is 17.5. The molecule has 2 aliphatic rings. The van der Waals surface area contributed by atoms with E-state index in [0.29, 0.717) is 38.0 Å². The Hall–Kier alpha value is -1.64. The van der Waals surface area contributed by atoms with E-state index in [1.165, 1.54) is 22.5 Å². The molecule has 2 fully saturated rings. The van der Waals surface area contributed by atoms with Crippen LogP contribution in [-0.2, 0) is 19.6 Å². The summed E-state index contributed by atoms with van der Waals surface area (Å²) in [5, 5.41) is 0.0882. The van der Waals surface area contributed by atoms with Crippen molar-refractivity contribution >= 4 is 33.5 Å². The fourth-order valence-electron chi connectivity index (χ4n) is 4.24. The fourth-order valence-corrected chi connectivity index (χ4v) is 5.98. The van der Waals surface area contributed by atoms with Gasteiger partial charge in [0.1, 0.15) is 0 Å². The monoisotopic (exact) mass is 456 g/mol. The van der Waals surface area contributed by atoms with E-state index in [1.807, 2.05) is 0 Å². The van der Waals surface area contributed by atoms with Crippen molar-refractivity contribution in [2.75, 3.05) is 32.8 Å². The Bertz CT molecular complexity index is 889. The molecule has 2 heterocycles. The molecule has 0 radical (unpaired) electrons. The molecular weight excluding hydrogens is 428 g/mol. The lowest BCUT2D eigenvalue weighted by Crippen LogP contribution is -2.44. The predicted octanol–water partition coefficient (Wildman–Crippen LogP) is 3.18. The summed E-state index contributed by atoms with van der Waals surface area (Å²) in [5.74, 6) is -0.254. The summed E-state index contributed by atoms with van der Waals surface area (Å²) < 4.78 is 32.4. The first-order valence-electron chi connectivity index (χ1n) is 10.4. The third kappa shape index (κ3) is 5.34. The van der Waals surface area contributed by atoms with Crippen LogP contribution in [0.5, 0.6) is 0 Å². The number of hydrogen-bond acceptors (Lipinski definition) is 5. The Morgan fingerprint density at radius 1 is 1.10 bits per heavy atom. The molecule has 2 atom stereocenters. The van der Waals surface area contributed by atoms with E-state index in [4.69, 9.17) is 16.3 Å². The van der Waals surface area contributed by atoms with Crippen LogP contribution in [0.15, 0.2) is 23.1 Å². The van der Waals surface area contributed by atoms with Crippen LogP contribution < -0.4 is 0 Å². The van der Waals surface area contributed by atoms with Gasteiger partial charge in [0.2, 0.25) is 10.0 Å². The molecule has 0 bridgehead atoms. The van der Waals surface area contributed by atoms with E-state index in [-0.39, 0.29) is 21.4 Å². The van der Waals surface area contributed by atoms with Gasteiger partial charge in [-0.3, -0.25) is 4.79 Å². The van der Waals surface area contributed by atoms with E-state index in [9.17, 15) is 18.0 Å². The molecule has 3 rings (SSSR count). The van der Waals surface area contributed by atoms with E-state index in [2.05, 4.69) is 13.8 Å². The van der Waals surface area contributed by atoms with Gasteiger partial charge in [0.15, 0.2) is 6.61 Å². The normalized spacial score (nSPS) is 23.2. The van der Waals surface area contributed by atoms with Crippen molar-refractivity contribution in [3.8, 4) is 0 Å². The highest BCUT2D eigenvalue weighted by Crippen LogP contribution is 2.26. The van der Waals surface area contributed by atoms with Crippen molar-refractivity contribution in [1.29, 1.82) is 0 Å². The van der Waals surface area contributed by atoms with Gasteiger partial charge in [0.25, 0.3) is 5.91 Å². The van der Waals surface area contributed by atoms with Gasteiger partial charge in [-0.15, -0.1) is 0 Å². The molecule has 30 heavy (non-hydrogen) atoms. The average molecular weight is 457 g/mol. The highest BCUT2D eigenvalue weighted by atomic mass is 35.5. The number of esters is 1. The largest absolute Gasteiger partial charge is 0.452 e. The van der Waals surface area contributed by atoms with Gasteiger partial charge >= 0.3 is 5.97 Å². The maximum atomic E-state index is 12.9. The SMILES string of the molecule is CC1CC(C)CN(C(=O)COC(=O)c2cc(S(=O)(=O)N3CCCCC3)ccc2Cl)C1. The lowest BCUT2D eigenvalue weighted by Gasteiger charge is -2.34. The molecular formula is C21H29ClN2O5S. The second kappa shape index (κ2) is 9.66. The van der Waals surface area contributed by atoms with E-state index in [0.717, 1.165) is 25.7 Å². The van der Waals surface area contributed by atoms with Crippen LogP contribution in [0.1, 0.15) is 49.9 Å². The van der Waals surface area contributed by atoms with Crippen LogP contribution in [0.3, 0.4) is 0 Å². The number of sulfonamides is 1. The summed E-state index contributed by atoms with van der Waals surface area (Å²) in [6, 6.07) is 4.01. The van der Waals surface area contributed by atoms with Gasteiger partial charge in [-0.2, -0.15) is 4.31 Å². The van der Waals surface area contributed by atoms with Crippen molar-refractivity contribution in [2.24, 2.45) is 11.8 Å². The average Bonchev–Trinajstić information content (AvgIpc) is 2.71.